The summed E-state index contributed by atoms with van der Waals surface area (Å²) in [5.41, 5.74) is 0.993. The van der Waals surface area contributed by atoms with E-state index in [4.69, 9.17) is 9.47 Å². The lowest BCUT2D eigenvalue weighted by atomic mass is 9.82. The molecule has 192 valence electrons. The van der Waals surface area contributed by atoms with Crippen molar-refractivity contribution >= 4 is 16.3 Å². The third-order valence-corrected chi connectivity index (χ3v) is 8.53. The van der Waals surface area contributed by atoms with Gasteiger partial charge in [0.1, 0.15) is 5.82 Å². The van der Waals surface area contributed by atoms with Crippen LogP contribution in [0.1, 0.15) is 50.5 Å². The molecule has 2 aliphatic rings. The van der Waals surface area contributed by atoms with Gasteiger partial charge in [-0.3, -0.25) is 4.90 Å². The molecule has 1 aliphatic heterocycles. The summed E-state index contributed by atoms with van der Waals surface area (Å²) in [5, 5.41) is 9.75. The minimum atomic E-state index is -3.81. The zero-order valence-electron chi connectivity index (χ0n) is 20.0. The maximum absolute atomic E-state index is 13.6. The van der Waals surface area contributed by atoms with Gasteiger partial charge < -0.3 is 14.6 Å². The van der Waals surface area contributed by atoms with Crippen LogP contribution < -0.4 is 4.72 Å². The SMILES string of the molecule is COCCN(C)S(=O)(=O)N[C@H]1C[C@@H](C)N(C(=O)O)[C@H]1CO[C@H]1CC[C@@H](c2cccc(F)c2)CC1. The van der Waals surface area contributed by atoms with Gasteiger partial charge in [-0.05, 0) is 62.6 Å². The number of benzene rings is 1. The molecule has 34 heavy (non-hydrogen) atoms. The summed E-state index contributed by atoms with van der Waals surface area (Å²) in [6.45, 7) is 2.33. The molecule has 2 fully saturated rings. The van der Waals surface area contributed by atoms with Crippen molar-refractivity contribution < 1.29 is 32.2 Å². The fourth-order valence-corrected chi connectivity index (χ4v) is 6.12. The van der Waals surface area contributed by atoms with Crippen molar-refractivity contribution in [3.8, 4) is 0 Å². The van der Waals surface area contributed by atoms with Crippen LogP contribution in [0.5, 0.6) is 0 Å². The molecule has 1 heterocycles. The van der Waals surface area contributed by atoms with Gasteiger partial charge in [-0.1, -0.05) is 12.1 Å². The standard InChI is InChI=1S/C23H36FN3O6S/c1-16-13-21(25-34(30,31)26(2)11-12-32-3)22(27(16)23(28)29)15-33-20-9-7-17(8-10-20)18-5-4-6-19(24)14-18/h4-6,14,16-17,20-22,25H,7-13,15H2,1-3H3,(H,28,29)/t16-,17-,20+,21+,22+/m1/s1. The molecule has 1 saturated carbocycles. The van der Waals surface area contributed by atoms with Crippen LogP contribution in [0.3, 0.4) is 0 Å². The zero-order valence-corrected chi connectivity index (χ0v) is 20.8. The van der Waals surface area contributed by atoms with Crippen molar-refractivity contribution in [3.05, 3.63) is 35.6 Å². The van der Waals surface area contributed by atoms with E-state index in [-0.39, 0.29) is 43.6 Å². The van der Waals surface area contributed by atoms with Crippen molar-refractivity contribution in [1.82, 2.24) is 13.9 Å². The van der Waals surface area contributed by atoms with Gasteiger partial charge >= 0.3 is 6.09 Å². The lowest BCUT2D eigenvalue weighted by Crippen LogP contribution is -2.52. The summed E-state index contributed by atoms with van der Waals surface area (Å²) in [4.78, 5) is 13.2. The van der Waals surface area contributed by atoms with E-state index in [9.17, 15) is 22.7 Å². The number of nitrogens with one attached hydrogen (secondary N) is 1. The van der Waals surface area contributed by atoms with Crippen molar-refractivity contribution in [2.24, 2.45) is 0 Å². The van der Waals surface area contributed by atoms with Crippen LogP contribution in [-0.4, -0.2) is 87.0 Å². The van der Waals surface area contributed by atoms with E-state index in [1.54, 1.807) is 19.1 Å². The van der Waals surface area contributed by atoms with Gasteiger partial charge in [0.15, 0.2) is 0 Å². The average molecular weight is 502 g/mol. The Labute approximate surface area is 201 Å². The molecule has 1 saturated heterocycles. The smallest absolute Gasteiger partial charge is 0.407 e. The number of likely N-dealkylation sites (N-methyl/N-ethyl adjacent to an activating group) is 1. The van der Waals surface area contributed by atoms with E-state index in [1.165, 1.54) is 25.1 Å². The number of hydrogen-bond donors (Lipinski definition) is 2. The van der Waals surface area contributed by atoms with E-state index < -0.39 is 28.4 Å². The molecule has 1 aliphatic carbocycles. The van der Waals surface area contributed by atoms with Gasteiger partial charge in [0, 0.05) is 32.8 Å². The summed E-state index contributed by atoms with van der Waals surface area (Å²) < 4.78 is 54.0. The largest absolute Gasteiger partial charge is 0.465 e. The fourth-order valence-electron chi connectivity index (χ4n) is 4.99. The lowest BCUT2D eigenvalue weighted by molar-refractivity contribution is -0.00709. The predicted molar refractivity (Wildman–Crippen MR) is 125 cm³/mol. The number of carboxylic acid groups (broad SMARTS) is 1. The summed E-state index contributed by atoms with van der Waals surface area (Å²) in [5.74, 6) is 0.0427. The second-order valence-electron chi connectivity index (χ2n) is 9.25. The van der Waals surface area contributed by atoms with E-state index >= 15 is 0 Å². The molecule has 1 amide bonds. The Balaban J connectivity index is 1.60. The Morgan fingerprint density at radius 2 is 2.00 bits per heavy atom. The summed E-state index contributed by atoms with van der Waals surface area (Å²) in [6, 6.07) is 5.13. The van der Waals surface area contributed by atoms with Crippen molar-refractivity contribution in [1.29, 1.82) is 0 Å². The maximum Gasteiger partial charge on any atom is 0.407 e. The first-order valence-electron chi connectivity index (χ1n) is 11.7. The molecule has 0 unspecified atom stereocenters. The first-order valence-corrected chi connectivity index (χ1v) is 13.2. The van der Waals surface area contributed by atoms with E-state index in [1.807, 2.05) is 6.07 Å². The molecule has 11 heteroatoms. The van der Waals surface area contributed by atoms with Crippen LogP contribution in [0.2, 0.25) is 0 Å². The van der Waals surface area contributed by atoms with Crippen LogP contribution in [0.4, 0.5) is 9.18 Å². The number of halogens is 1. The molecule has 0 spiro atoms. The van der Waals surface area contributed by atoms with Crippen molar-refractivity contribution in [3.63, 3.8) is 0 Å². The molecule has 3 rings (SSSR count). The Kier molecular flexibility index (Phi) is 9.27. The Morgan fingerprint density at radius 3 is 2.62 bits per heavy atom. The number of ether oxygens (including phenoxy) is 2. The highest BCUT2D eigenvalue weighted by atomic mass is 32.2. The summed E-state index contributed by atoms with van der Waals surface area (Å²) in [6.07, 6.45) is 2.52. The molecule has 3 atom stereocenters. The van der Waals surface area contributed by atoms with E-state index in [0.29, 0.717) is 6.42 Å². The molecule has 0 bridgehead atoms. The molecule has 0 radical (unpaired) electrons. The van der Waals surface area contributed by atoms with E-state index in [0.717, 1.165) is 35.6 Å². The van der Waals surface area contributed by atoms with Gasteiger partial charge in [-0.2, -0.15) is 17.4 Å². The maximum atomic E-state index is 13.6. The second-order valence-corrected chi connectivity index (χ2v) is 11.1. The number of hydrogen-bond acceptors (Lipinski definition) is 5. The first kappa shape index (κ1) is 26.8. The Hall–Kier alpha value is -1.79. The molecular weight excluding hydrogens is 465 g/mol. The Morgan fingerprint density at radius 1 is 1.29 bits per heavy atom. The average Bonchev–Trinajstić information content (AvgIpc) is 3.10. The fraction of sp³-hybridized carbons (Fsp3) is 0.696. The topological polar surface area (TPSA) is 108 Å². The van der Waals surface area contributed by atoms with Crippen molar-refractivity contribution in [2.75, 3.05) is 33.9 Å². The van der Waals surface area contributed by atoms with Gasteiger partial charge in [0.25, 0.3) is 10.2 Å². The highest BCUT2D eigenvalue weighted by Crippen LogP contribution is 2.35. The number of likely N-dealkylation sites (tertiary alicyclic amines) is 1. The molecule has 2 N–H and O–H groups in total. The minimum Gasteiger partial charge on any atom is -0.465 e. The molecule has 9 nitrogen and oxygen atoms in total. The molecule has 1 aromatic carbocycles. The number of amides is 1. The molecular formula is C23H36FN3O6S. The summed E-state index contributed by atoms with van der Waals surface area (Å²) >= 11 is 0. The number of carbonyl (C=O) groups is 1. The number of nitrogens with zero attached hydrogens (tertiary/aromatic N) is 2. The quantitative estimate of drug-likeness (QED) is 0.510. The number of methoxy groups -OCH3 is 1. The first-order chi connectivity index (χ1) is 16.1. The van der Waals surface area contributed by atoms with Gasteiger partial charge in [-0.15, -0.1) is 0 Å². The Bertz CT molecular complexity index is 925. The van der Waals surface area contributed by atoms with Crippen LogP contribution in [-0.2, 0) is 19.7 Å². The second kappa shape index (κ2) is 11.8. The van der Waals surface area contributed by atoms with Gasteiger partial charge in [0.2, 0.25) is 0 Å². The third-order valence-electron chi connectivity index (χ3n) is 6.93. The van der Waals surface area contributed by atoms with Crippen molar-refractivity contribution in [2.45, 2.75) is 69.2 Å². The van der Waals surface area contributed by atoms with Gasteiger partial charge in [0.05, 0.1) is 25.4 Å². The predicted octanol–water partition coefficient (Wildman–Crippen LogP) is 2.79. The van der Waals surface area contributed by atoms with Gasteiger partial charge in [-0.25, -0.2) is 9.18 Å². The zero-order chi connectivity index (χ0) is 24.9. The monoisotopic (exact) mass is 501 g/mol. The normalized spacial score (nSPS) is 27.9. The van der Waals surface area contributed by atoms with Crippen LogP contribution in [0.25, 0.3) is 0 Å². The van der Waals surface area contributed by atoms with Crippen LogP contribution in [0, 0.1) is 5.82 Å². The highest BCUT2D eigenvalue weighted by Gasteiger charge is 2.44. The molecule has 0 aromatic heterocycles. The number of rotatable bonds is 10. The van der Waals surface area contributed by atoms with Crippen LogP contribution in [0.15, 0.2) is 24.3 Å². The van der Waals surface area contributed by atoms with E-state index in [2.05, 4.69) is 4.72 Å². The molecule has 1 aromatic rings. The summed E-state index contributed by atoms with van der Waals surface area (Å²) in [7, 11) is -0.857. The minimum absolute atomic E-state index is 0.0435. The highest BCUT2D eigenvalue weighted by molar-refractivity contribution is 7.87. The third kappa shape index (κ3) is 6.66. The lowest BCUT2D eigenvalue weighted by Gasteiger charge is -2.33. The van der Waals surface area contributed by atoms with Crippen LogP contribution >= 0.6 is 0 Å².